The zero-order valence-corrected chi connectivity index (χ0v) is 11.5. The molecule has 0 saturated heterocycles. The van der Waals surface area contributed by atoms with Crippen molar-refractivity contribution in [1.82, 2.24) is 5.32 Å². The molecule has 18 heavy (non-hydrogen) atoms. The van der Waals surface area contributed by atoms with E-state index in [1.807, 2.05) is 13.8 Å². The second-order valence-electron chi connectivity index (χ2n) is 5.23. The molecule has 0 heterocycles. The quantitative estimate of drug-likeness (QED) is 0.600. The Balaban J connectivity index is 4.43. The third-order valence-corrected chi connectivity index (χ3v) is 2.96. The summed E-state index contributed by atoms with van der Waals surface area (Å²) in [4.78, 5) is 22.4. The molecule has 0 fully saturated rings. The molecule has 0 spiro atoms. The van der Waals surface area contributed by atoms with E-state index in [9.17, 15) is 9.59 Å². The summed E-state index contributed by atoms with van der Waals surface area (Å²) in [6.45, 7) is 7.48. The van der Waals surface area contributed by atoms with Gasteiger partial charge >= 0.3 is 5.97 Å². The van der Waals surface area contributed by atoms with Crippen molar-refractivity contribution in [1.29, 1.82) is 0 Å². The summed E-state index contributed by atoms with van der Waals surface area (Å²) in [6, 6.07) is 0. The molecular weight excluding hydrogens is 234 g/mol. The Morgan fingerprint density at radius 3 is 2.17 bits per heavy atom. The maximum Gasteiger partial charge on any atom is 0.331 e. The van der Waals surface area contributed by atoms with E-state index in [1.165, 1.54) is 13.8 Å². The SMILES string of the molecule is CC(C(=O)O)=C(C)C(=O)NCC(C)(C)CCCO. The second-order valence-corrected chi connectivity index (χ2v) is 5.23. The number of carbonyl (C=O) groups is 2. The van der Waals surface area contributed by atoms with Crippen molar-refractivity contribution >= 4 is 11.9 Å². The Morgan fingerprint density at radius 2 is 1.72 bits per heavy atom. The van der Waals surface area contributed by atoms with Gasteiger partial charge < -0.3 is 15.5 Å². The molecule has 0 aliphatic rings. The number of aliphatic hydroxyl groups is 1. The monoisotopic (exact) mass is 257 g/mol. The lowest BCUT2D eigenvalue weighted by Crippen LogP contribution is -2.35. The van der Waals surface area contributed by atoms with Crippen molar-refractivity contribution in [3.63, 3.8) is 0 Å². The van der Waals surface area contributed by atoms with Gasteiger partial charge in [0.1, 0.15) is 0 Å². The molecule has 5 heteroatoms. The number of hydrogen-bond donors (Lipinski definition) is 3. The molecule has 0 rings (SSSR count). The van der Waals surface area contributed by atoms with E-state index in [0.29, 0.717) is 13.0 Å². The molecule has 104 valence electrons. The van der Waals surface area contributed by atoms with Crippen molar-refractivity contribution in [3.05, 3.63) is 11.1 Å². The Morgan fingerprint density at radius 1 is 1.17 bits per heavy atom. The normalized spacial score (nSPS) is 12.9. The van der Waals surface area contributed by atoms with Crippen LogP contribution in [-0.4, -0.2) is 35.2 Å². The highest BCUT2D eigenvalue weighted by atomic mass is 16.4. The van der Waals surface area contributed by atoms with Crippen molar-refractivity contribution in [3.8, 4) is 0 Å². The minimum absolute atomic E-state index is 0.0562. The fraction of sp³-hybridized carbons (Fsp3) is 0.692. The van der Waals surface area contributed by atoms with Gasteiger partial charge in [0.15, 0.2) is 0 Å². The third kappa shape index (κ3) is 5.82. The number of nitrogens with one attached hydrogen (secondary N) is 1. The van der Waals surface area contributed by atoms with Crippen LogP contribution in [0.1, 0.15) is 40.5 Å². The molecule has 0 aromatic heterocycles. The summed E-state index contributed by atoms with van der Waals surface area (Å²) in [6.07, 6.45) is 1.48. The molecule has 0 unspecified atom stereocenters. The highest BCUT2D eigenvalue weighted by Crippen LogP contribution is 2.20. The highest BCUT2D eigenvalue weighted by molar-refractivity contribution is 6.01. The van der Waals surface area contributed by atoms with Crippen LogP contribution < -0.4 is 5.32 Å². The van der Waals surface area contributed by atoms with E-state index >= 15 is 0 Å². The number of aliphatic carboxylic acids is 1. The maximum absolute atomic E-state index is 11.7. The molecule has 0 saturated carbocycles. The topological polar surface area (TPSA) is 86.6 Å². The van der Waals surface area contributed by atoms with Crippen LogP contribution >= 0.6 is 0 Å². The van der Waals surface area contributed by atoms with Crippen LogP contribution in [0, 0.1) is 5.41 Å². The Kier molecular flexibility index (Phi) is 6.62. The van der Waals surface area contributed by atoms with Gasteiger partial charge in [-0.15, -0.1) is 0 Å². The van der Waals surface area contributed by atoms with Gasteiger partial charge in [-0.2, -0.15) is 0 Å². The number of aliphatic hydroxyl groups excluding tert-OH is 1. The molecule has 0 aromatic carbocycles. The molecule has 0 aromatic rings. The van der Waals surface area contributed by atoms with Gasteiger partial charge in [0.25, 0.3) is 0 Å². The zero-order chi connectivity index (χ0) is 14.3. The van der Waals surface area contributed by atoms with Crippen molar-refractivity contribution in [2.24, 2.45) is 5.41 Å². The Bertz CT molecular complexity index is 345. The molecule has 3 N–H and O–H groups in total. The van der Waals surface area contributed by atoms with Gasteiger partial charge in [-0.05, 0) is 32.1 Å². The predicted molar refractivity (Wildman–Crippen MR) is 69.1 cm³/mol. The summed E-state index contributed by atoms with van der Waals surface area (Å²) >= 11 is 0. The lowest BCUT2D eigenvalue weighted by molar-refractivity contribution is -0.133. The Hall–Kier alpha value is -1.36. The second kappa shape index (κ2) is 7.16. The molecular formula is C13H23NO4. The van der Waals surface area contributed by atoms with Crippen LogP contribution in [0.5, 0.6) is 0 Å². The first kappa shape index (κ1) is 16.6. The fourth-order valence-corrected chi connectivity index (χ4v) is 1.43. The van der Waals surface area contributed by atoms with E-state index in [4.69, 9.17) is 10.2 Å². The molecule has 0 aliphatic heterocycles. The minimum Gasteiger partial charge on any atom is -0.478 e. The zero-order valence-electron chi connectivity index (χ0n) is 11.5. The summed E-state index contributed by atoms with van der Waals surface area (Å²) in [5.41, 5.74) is 0.164. The largest absolute Gasteiger partial charge is 0.478 e. The van der Waals surface area contributed by atoms with Crippen LogP contribution in [-0.2, 0) is 9.59 Å². The van der Waals surface area contributed by atoms with Crippen molar-refractivity contribution in [2.75, 3.05) is 13.2 Å². The number of carboxylic acids is 1. The average molecular weight is 257 g/mol. The summed E-state index contributed by atoms with van der Waals surface area (Å²) in [5.74, 6) is -1.44. The van der Waals surface area contributed by atoms with Gasteiger partial charge in [0.05, 0.1) is 0 Å². The third-order valence-electron chi connectivity index (χ3n) is 2.96. The number of amides is 1. The van der Waals surface area contributed by atoms with Crippen LogP contribution in [0.3, 0.4) is 0 Å². The lowest BCUT2D eigenvalue weighted by atomic mass is 9.88. The molecule has 0 atom stereocenters. The van der Waals surface area contributed by atoms with E-state index in [1.54, 1.807) is 0 Å². The van der Waals surface area contributed by atoms with Crippen molar-refractivity contribution < 1.29 is 19.8 Å². The van der Waals surface area contributed by atoms with Crippen LogP contribution in [0.2, 0.25) is 0 Å². The van der Waals surface area contributed by atoms with Crippen LogP contribution in [0.4, 0.5) is 0 Å². The van der Waals surface area contributed by atoms with E-state index in [0.717, 1.165) is 6.42 Å². The van der Waals surface area contributed by atoms with Crippen LogP contribution in [0.15, 0.2) is 11.1 Å². The van der Waals surface area contributed by atoms with Gasteiger partial charge in [0.2, 0.25) is 5.91 Å². The first-order valence-corrected chi connectivity index (χ1v) is 6.01. The average Bonchev–Trinajstić information content (AvgIpc) is 2.31. The molecule has 5 nitrogen and oxygen atoms in total. The highest BCUT2D eigenvalue weighted by Gasteiger charge is 2.19. The molecule has 0 aliphatic carbocycles. The lowest BCUT2D eigenvalue weighted by Gasteiger charge is -2.24. The van der Waals surface area contributed by atoms with E-state index in [-0.39, 0.29) is 29.1 Å². The number of carbonyl (C=O) groups excluding carboxylic acids is 1. The molecule has 1 amide bonds. The minimum atomic E-state index is -1.08. The van der Waals surface area contributed by atoms with Crippen LogP contribution in [0.25, 0.3) is 0 Å². The number of hydrogen-bond acceptors (Lipinski definition) is 3. The molecule has 0 bridgehead atoms. The number of rotatable bonds is 7. The summed E-state index contributed by atoms with van der Waals surface area (Å²) in [7, 11) is 0. The van der Waals surface area contributed by atoms with E-state index in [2.05, 4.69) is 5.32 Å². The first-order chi connectivity index (χ1) is 8.21. The fourth-order valence-electron chi connectivity index (χ4n) is 1.43. The van der Waals surface area contributed by atoms with E-state index < -0.39 is 5.97 Å². The van der Waals surface area contributed by atoms with Gasteiger partial charge in [-0.25, -0.2) is 4.79 Å². The smallest absolute Gasteiger partial charge is 0.331 e. The van der Waals surface area contributed by atoms with Gasteiger partial charge in [0, 0.05) is 24.3 Å². The summed E-state index contributed by atoms with van der Waals surface area (Å²) in [5, 5.41) is 20.3. The Labute approximate surface area is 108 Å². The number of carboxylic acid groups (broad SMARTS) is 1. The molecule has 0 radical (unpaired) electrons. The standard InChI is InChI=1S/C13H23NO4/c1-9(10(2)12(17)18)11(16)14-8-13(3,4)6-5-7-15/h15H,5-8H2,1-4H3,(H,14,16)(H,17,18). The first-order valence-electron chi connectivity index (χ1n) is 6.01. The predicted octanol–water partition coefficient (Wildman–Crippen LogP) is 1.32. The summed E-state index contributed by atoms with van der Waals surface area (Å²) < 4.78 is 0. The maximum atomic E-state index is 11.7. The van der Waals surface area contributed by atoms with Gasteiger partial charge in [-0.3, -0.25) is 4.79 Å². The van der Waals surface area contributed by atoms with Crippen molar-refractivity contribution in [2.45, 2.75) is 40.5 Å². The van der Waals surface area contributed by atoms with Gasteiger partial charge in [-0.1, -0.05) is 13.8 Å².